The highest BCUT2D eigenvalue weighted by molar-refractivity contribution is 7.21. The molecule has 0 aliphatic carbocycles. The summed E-state index contributed by atoms with van der Waals surface area (Å²) in [6.07, 6.45) is 3.38. The number of anilines is 2. The Bertz CT molecular complexity index is 1150. The molecule has 0 amide bonds. The van der Waals surface area contributed by atoms with Crippen molar-refractivity contribution in [3.05, 3.63) is 65.7 Å². The van der Waals surface area contributed by atoms with Crippen LogP contribution in [0.25, 0.3) is 10.3 Å². The highest BCUT2D eigenvalue weighted by atomic mass is 32.1. The standard InChI is InChI=1S/C19H12FN5OS/c1-11-7-16(26-15-5-4-12(9-21)8-13(15)20)17(23-10-11)25-19-24-14-3-2-6-22-18(14)27-19/h2-8,10H,1H3,(H,23,24,25). The van der Waals surface area contributed by atoms with Crippen LogP contribution in [0.5, 0.6) is 11.5 Å². The number of aryl methyl sites for hydroxylation is 1. The van der Waals surface area contributed by atoms with Gasteiger partial charge in [0.15, 0.2) is 28.3 Å². The molecule has 27 heavy (non-hydrogen) atoms. The Morgan fingerprint density at radius 1 is 1.19 bits per heavy atom. The summed E-state index contributed by atoms with van der Waals surface area (Å²) >= 11 is 1.38. The fourth-order valence-corrected chi connectivity index (χ4v) is 3.22. The smallest absolute Gasteiger partial charge is 0.191 e. The van der Waals surface area contributed by atoms with Crippen LogP contribution < -0.4 is 10.1 Å². The van der Waals surface area contributed by atoms with Crippen molar-refractivity contribution in [2.75, 3.05) is 5.32 Å². The van der Waals surface area contributed by atoms with Crippen LogP contribution in [0, 0.1) is 24.1 Å². The molecule has 0 fully saturated rings. The molecule has 0 unspecified atom stereocenters. The summed E-state index contributed by atoms with van der Waals surface area (Å²) in [5.41, 5.74) is 1.86. The Labute approximate surface area is 157 Å². The summed E-state index contributed by atoms with van der Waals surface area (Å²) in [6.45, 7) is 1.86. The second-order valence-electron chi connectivity index (χ2n) is 5.69. The SMILES string of the molecule is Cc1cnc(Nc2nc3cccnc3s2)c(Oc2ccc(C#N)cc2F)c1. The molecule has 1 aromatic carbocycles. The van der Waals surface area contributed by atoms with Crippen LogP contribution in [-0.2, 0) is 0 Å². The zero-order valence-electron chi connectivity index (χ0n) is 14.1. The van der Waals surface area contributed by atoms with Gasteiger partial charge in [-0.25, -0.2) is 19.3 Å². The van der Waals surface area contributed by atoms with E-state index in [1.807, 2.05) is 25.1 Å². The van der Waals surface area contributed by atoms with Gasteiger partial charge >= 0.3 is 0 Å². The maximum Gasteiger partial charge on any atom is 0.191 e. The minimum Gasteiger partial charge on any atom is -0.450 e. The predicted molar refractivity (Wildman–Crippen MR) is 101 cm³/mol. The van der Waals surface area contributed by atoms with E-state index in [1.165, 1.54) is 23.5 Å². The first-order chi connectivity index (χ1) is 13.1. The van der Waals surface area contributed by atoms with Gasteiger partial charge in [0.05, 0.1) is 11.6 Å². The number of ether oxygens (including phenoxy) is 1. The zero-order valence-corrected chi connectivity index (χ0v) is 14.9. The van der Waals surface area contributed by atoms with Gasteiger partial charge in [-0.2, -0.15) is 5.26 Å². The lowest BCUT2D eigenvalue weighted by molar-refractivity contribution is 0.442. The summed E-state index contributed by atoms with van der Waals surface area (Å²) in [4.78, 5) is 13.9. The van der Waals surface area contributed by atoms with Crippen molar-refractivity contribution >= 4 is 32.6 Å². The lowest BCUT2D eigenvalue weighted by Gasteiger charge is -2.12. The molecular weight excluding hydrogens is 365 g/mol. The van der Waals surface area contributed by atoms with E-state index in [1.54, 1.807) is 18.5 Å². The second-order valence-corrected chi connectivity index (χ2v) is 6.67. The average molecular weight is 377 g/mol. The molecule has 0 radical (unpaired) electrons. The van der Waals surface area contributed by atoms with E-state index < -0.39 is 5.82 Å². The first-order valence-corrected chi connectivity index (χ1v) is 8.77. The number of nitrogens with one attached hydrogen (secondary N) is 1. The molecule has 3 heterocycles. The van der Waals surface area contributed by atoms with E-state index in [9.17, 15) is 4.39 Å². The topological polar surface area (TPSA) is 83.7 Å². The van der Waals surface area contributed by atoms with Crippen molar-refractivity contribution in [2.24, 2.45) is 0 Å². The van der Waals surface area contributed by atoms with E-state index in [4.69, 9.17) is 10.00 Å². The first-order valence-electron chi connectivity index (χ1n) is 7.95. The Hall–Kier alpha value is -3.57. The molecule has 1 N–H and O–H groups in total. The summed E-state index contributed by atoms with van der Waals surface area (Å²) in [5.74, 6) is 0.148. The monoisotopic (exact) mass is 377 g/mol. The lowest BCUT2D eigenvalue weighted by Crippen LogP contribution is -1.98. The Balaban J connectivity index is 1.67. The molecule has 4 aromatic rings. The van der Waals surface area contributed by atoms with Gasteiger partial charge in [-0.3, -0.25) is 0 Å². The third-order valence-corrected chi connectivity index (χ3v) is 4.56. The number of hydrogen-bond acceptors (Lipinski definition) is 7. The van der Waals surface area contributed by atoms with Gasteiger partial charge in [0.2, 0.25) is 0 Å². The van der Waals surface area contributed by atoms with Crippen molar-refractivity contribution in [3.8, 4) is 17.6 Å². The van der Waals surface area contributed by atoms with Gasteiger partial charge in [-0.05, 0) is 48.9 Å². The maximum absolute atomic E-state index is 14.2. The van der Waals surface area contributed by atoms with Crippen LogP contribution in [0.2, 0.25) is 0 Å². The molecule has 0 aliphatic rings. The quantitative estimate of drug-likeness (QED) is 0.542. The average Bonchev–Trinajstić information content (AvgIpc) is 3.08. The molecule has 0 saturated carbocycles. The Morgan fingerprint density at radius 3 is 2.85 bits per heavy atom. The van der Waals surface area contributed by atoms with Crippen LogP contribution in [0.4, 0.5) is 15.3 Å². The van der Waals surface area contributed by atoms with Crippen molar-refractivity contribution in [3.63, 3.8) is 0 Å². The van der Waals surface area contributed by atoms with Crippen molar-refractivity contribution in [2.45, 2.75) is 6.92 Å². The number of pyridine rings is 2. The number of halogens is 1. The Morgan fingerprint density at radius 2 is 2.07 bits per heavy atom. The summed E-state index contributed by atoms with van der Waals surface area (Å²) in [7, 11) is 0. The van der Waals surface area contributed by atoms with Crippen molar-refractivity contribution < 1.29 is 9.13 Å². The summed E-state index contributed by atoms with van der Waals surface area (Å²) < 4.78 is 19.9. The molecule has 0 bridgehead atoms. The van der Waals surface area contributed by atoms with Crippen LogP contribution in [0.3, 0.4) is 0 Å². The number of thiazole rings is 1. The largest absolute Gasteiger partial charge is 0.450 e. The van der Waals surface area contributed by atoms with Crippen molar-refractivity contribution in [1.82, 2.24) is 15.0 Å². The zero-order chi connectivity index (χ0) is 18.8. The van der Waals surface area contributed by atoms with Gasteiger partial charge in [-0.1, -0.05) is 11.3 Å². The van der Waals surface area contributed by atoms with Gasteiger partial charge in [0, 0.05) is 12.4 Å². The van der Waals surface area contributed by atoms with Crippen molar-refractivity contribution in [1.29, 1.82) is 5.26 Å². The predicted octanol–water partition coefficient (Wildman–Crippen LogP) is 4.94. The van der Waals surface area contributed by atoms with E-state index >= 15 is 0 Å². The molecule has 0 atom stereocenters. The van der Waals surface area contributed by atoms with Gasteiger partial charge in [0.25, 0.3) is 0 Å². The normalized spacial score (nSPS) is 10.6. The molecule has 4 rings (SSSR count). The van der Waals surface area contributed by atoms with E-state index in [0.29, 0.717) is 16.7 Å². The number of aromatic nitrogens is 3. The van der Waals surface area contributed by atoms with Crippen LogP contribution >= 0.6 is 11.3 Å². The minimum atomic E-state index is -0.620. The number of rotatable bonds is 4. The highest BCUT2D eigenvalue weighted by Gasteiger charge is 2.13. The number of fused-ring (bicyclic) bond motifs is 1. The third kappa shape index (κ3) is 3.54. The number of hydrogen-bond donors (Lipinski definition) is 1. The second kappa shape index (κ2) is 6.97. The van der Waals surface area contributed by atoms with E-state index in [0.717, 1.165) is 22.0 Å². The van der Waals surface area contributed by atoms with Gasteiger partial charge in [-0.15, -0.1) is 0 Å². The number of nitrogens with zero attached hydrogens (tertiary/aromatic N) is 4. The minimum absolute atomic E-state index is 0.00964. The molecule has 6 nitrogen and oxygen atoms in total. The van der Waals surface area contributed by atoms with E-state index in [-0.39, 0.29) is 11.3 Å². The molecule has 132 valence electrons. The molecule has 0 aliphatic heterocycles. The fraction of sp³-hybridized carbons (Fsp3) is 0.0526. The van der Waals surface area contributed by atoms with Crippen LogP contribution in [-0.4, -0.2) is 15.0 Å². The molecule has 8 heteroatoms. The van der Waals surface area contributed by atoms with Crippen LogP contribution in [0.15, 0.2) is 48.8 Å². The maximum atomic E-state index is 14.2. The molecule has 0 saturated heterocycles. The molecule has 3 aromatic heterocycles. The lowest BCUT2D eigenvalue weighted by atomic mass is 10.2. The first kappa shape index (κ1) is 16.9. The highest BCUT2D eigenvalue weighted by Crippen LogP contribution is 2.34. The number of benzene rings is 1. The van der Waals surface area contributed by atoms with E-state index in [2.05, 4.69) is 20.3 Å². The third-order valence-electron chi connectivity index (χ3n) is 3.66. The van der Waals surface area contributed by atoms with Gasteiger partial charge < -0.3 is 10.1 Å². The summed E-state index contributed by atoms with van der Waals surface area (Å²) in [6, 6.07) is 11.4. The molecule has 0 spiro atoms. The van der Waals surface area contributed by atoms with Crippen LogP contribution in [0.1, 0.15) is 11.1 Å². The molecular formula is C19H12FN5OS. The Kier molecular flexibility index (Phi) is 4.36. The fourth-order valence-electron chi connectivity index (χ4n) is 2.41. The van der Waals surface area contributed by atoms with Gasteiger partial charge in [0.1, 0.15) is 10.3 Å². The number of nitriles is 1. The summed E-state index contributed by atoms with van der Waals surface area (Å²) in [5, 5.41) is 12.6.